The first kappa shape index (κ1) is 27.9. The molecule has 37 heavy (non-hydrogen) atoms. The number of hydrogen-bond acceptors (Lipinski definition) is 5. The van der Waals surface area contributed by atoms with Crippen molar-refractivity contribution in [3.8, 4) is 11.5 Å². The van der Waals surface area contributed by atoms with Crippen molar-refractivity contribution in [2.45, 2.75) is 40.3 Å². The number of hydrogen-bond donors (Lipinski definition) is 2. The summed E-state index contributed by atoms with van der Waals surface area (Å²) in [5, 5.41) is 6.89. The van der Waals surface area contributed by atoms with Gasteiger partial charge in [-0.05, 0) is 71.1 Å². The molecular weight excluding hydrogens is 534 g/mol. The Morgan fingerprint density at radius 1 is 1.03 bits per heavy atom. The molecule has 0 bridgehead atoms. The monoisotopic (exact) mass is 565 g/mol. The van der Waals surface area contributed by atoms with E-state index in [1.165, 1.54) is 11.8 Å². The number of aryl methyl sites for hydroxylation is 1. The number of halogens is 1. The SMILES string of the molecule is CCOc1cc(/C=N/NC(=O)C(NC(=O)c2ccccc2)C(C)C)cc(Br)c1OCc1ccc(C)cc1. The van der Waals surface area contributed by atoms with Gasteiger partial charge in [0, 0.05) is 5.56 Å². The van der Waals surface area contributed by atoms with Crippen LogP contribution in [-0.4, -0.2) is 30.7 Å². The molecule has 1 unspecified atom stereocenters. The summed E-state index contributed by atoms with van der Waals surface area (Å²) in [7, 11) is 0. The van der Waals surface area contributed by atoms with E-state index in [1.54, 1.807) is 30.3 Å². The molecule has 0 aliphatic heterocycles. The van der Waals surface area contributed by atoms with Crippen LogP contribution in [0, 0.1) is 12.8 Å². The molecule has 7 nitrogen and oxygen atoms in total. The topological polar surface area (TPSA) is 89.0 Å². The van der Waals surface area contributed by atoms with Crippen molar-refractivity contribution in [2.75, 3.05) is 6.61 Å². The lowest BCUT2D eigenvalue weighted by Gasteiger charge is -2.20. The van der Waals surface area contributed by atoms with E-state index in [-0.39, 0.29) is 11.8 Å². The average Bonchev–Trinajstić information content (AvgIpc) is 2.88. The number of hydrazone groups is 1. The molecule has 0 radical (unpaired) electrons. The highest BCUT2D eigenvalue weighted by Crippen LogP contribution is 2.37. The number of amides is 2. The molecule has 0 fully saturated rings. The Hall–Kier alpha value is -3.65. The maximum Gasteiger partial charge on any atom is 0.262 e. The molecule has 2 amide bonds. The molecule has 2 N–H and O–H groups in total. The molecule has 0 saturated carbocycles. The zero-order chi connectivity index (χ0) is 26.8. The second-order valence-corrected chi connectivity index (χ2v) is 9.69. The fourth-order valence-electron chi connectivity index (χ4n) is 3.49. The van der Waals surface area contributed by atoms with Crippen molar-refractivity contribution in [3.63, 3.8) is 0 Å². The summed E-state index contributed by atoms with van der Waals surface area (Å²) in [6.07, 6.45) is 1.52. The third kappa shape index (κ3) is 8.18. The minimum absolute atomic E-state index is 0.133. The molecule has 1 atom stereocenters. The third-order valence-corrected chi connectivity index (χ3v) is 6.08. The highest BCUT2D eigenvalue weighted by atomic mass is 79.9. The van der Waals surface area contributed by atoms with E-state index in [4.69, 9.17) is 9.47 Å². The minimum atomic E-state index is -0.742. The number of nitrogens with one attached hydrogen (secondary N) is 2. The van der Waals surface area contributed by atoms with E-state index in [0.717, 1.165) is 5.56 Å². The molecule has 194 valence electrons. The van der Waals surface area contributed by atoms with Gasteiger partial charge in [0.15, 0.2) is 11.5 Å². The third-order valence-electron chi connectivity index (χ3n) is 5.50. The van der Waals surface area contributed by atoms with E-state index in [1.807, 2.05) is 64.1 Å². The molecule has 3 rings (SSSR count). The summed E-state index contributed by atoms with van der Waals surface area (Å²) < 4.78 is 12.5. The number of rotatable bonds is 11. The van der Waals surface area contributed by atoms with Gasteiger partial charge in [0.1, 0.15) is 12.6 Å². The molecule has 3 aromatic rings. The van der Waals surface area contributed by atoms with Gasteiger partial charge in [0.2, 0.25) is 0 Å². The second kappa shape index (κ2) is 13.6. The van der Waals surface area contributed by atoms with Gasteiger partial charge >= 0.3 is 0 Å². The normalized spacial score (nSPS) is 11.8. The predicted molar refractivity (Wildman–Crippen MR) is 149 cm³/mol. The van der Waals surface area contributed by atoms with E-state index in [9.17, 15) is 9.59 Å². The Morgan fingerprint density at radius 2 is 1.73 bits per heavy atom. The molecule has 0 aliphatic carbocycles. The van der Waals surface area contributed by atoms with Gasteiger partial charge in [-0.1, -0.05) is 61.9 Å². The Kier molecular flexibility index (Phi) is 10.3. The molecule has 0 spiro atoms. The minimum Gasteiger partial charge on any atom is -0.490 e. The summed E-state index contributed by atoms with van der Waals surface area (Å²) in [6.45, 7) is 8.52. The summed E-state index contributed by atoms with van der Waals surface area (Å²) in [4.78, 5) is 25.3. The summed E-state index contributed by atoms with van der Waals surface area (Å²) in [5.41, 5.74) is 5.96. The van der Waals surface area contributed by atoms with Crippen molar-refractivity contribution < 1.29 is 19.1 Å². The molecule has 0 saturated heterocycles. The van der Waals surface area contributed by atoms with E-state index in [0.29, 0.717) is 40.3 Å². The van der Waals surface area contributed by atoms with Crippen LogP contribution >= 0.6 is 15.9 Å². The number of ether oxygens (including phenoxy) is 2. The fourth-order valence-corrected chi connectivity index (χ4v) is 4.07. The average molecular weight is 566 g/mol. The lowest BCUT2D eigenvalue weighted by atomic mass is 10.0. The van der Waals surface area contributed by atoms with Crippen molar-refractivity contribution >= 4 is 34.0 Å². The van der Waals surface area contributed by atoms with Crippen LogP contribution in [0.1, 0.15) is 47.8 Å². The van der Waals surface area contributed by atoms with Gasteiger partial charge < -0.3 is 14.8 Å². The van der Waals surface area contributed by atoms with Crippen molar-refractivity contribution in [3.05, 3.63) is 93.5 Å². The molecule has 8 heteroatoms. The van der Waals surface area contributed by atoms with Crippen LogP contribution in [0.25, 0.3) is 0 Å². The highest BCUT2D eigenvalue weighted by Gasteiger charge is 2.24. The molecule has 0 heterocycles. The number of carbonyl (C=O) groups excluding carboxylic acids is 2. The first-order valence-corrected chi connectivity index (χ1v) is 12.9. The molecule has 0 aromatic heterocycles. The van der Waals surface area contributed by atoms with Crippen molar-refractivity contribution in [1.29, 1.82) is 0 Å². The maximum atomic E-state index is 12.8. The second-order valence-electron chi connectivity index (χ2n) is 8.83. The van der Waals surface area contributed by atoms with Crippen LogP contribution in [0.5, 0.6) is 11.5 Å². The number of carbonyl (C=O) groups is 2. The lowest BCUT2D eigenvalue weighted by molar-refractivity contribution is -0.123. The Bertz CT molecular complexity index is 1230. The first-order chi connectivity index (χ1) is 17.8. The first-order valence-electron chi connectivity index (χ1n) is 12.1. The van der Waals surface area contributed by atoms with Crippen molar-refractivity contribution in [2.24, 2.45) is 11.0 Å². The number of nitrogens with zero attached hydrogens (tertiary/aromatic N) is 1. The van der Waals surface area contributed by atoms with Gasteiger partial charge in [-0.3, -0.25) is 9.59 Å². The van der Waals surface area contributed by atoms with Gasteiger partial charge in [-0.2, -0.15) is 5.10 Å². The number of benzene rings is 3. The predicted octanol–water partition coefficient (Wildman–Crippen LogP) is 5.64. The Morgan fingerprint density at radius 3 is 2.38 bits per heavy atom. The Balaban J connectivity index is 1.67. The molecule has 0 aliphatic rings. The standard InChI is InChI=1S/C29H32BrN3O4/c1-5-36-25-16-22(15-24(30)27(25)37-18-21-13-11-20(4)12-14-21)17-31-33-29(35)26(19(2)3)32-28(34)23-9-7-6-8-10-23/h6-17,19,26H,5,18H2,1-4H3,(H,32,34)(H,33,35)/b31-17+. The maximum absolute atomic E-state index is 12.8. The Labute approximate surface area is 226 Å². The van der Waals surface area contributed by atoms with Crippen LogP contribution < -0.4 is 20.2 Å². The van der Waals surface area contributed by atoms with Crippen LogP contribution in [0.2, 0.25) is 0 Å². The summed E-state index contributed by atoms with van der Waals surface area (Å²) in [6, 6.07) is 19.8. The van der Waals surface area contributed by atoms with Gasteiger partial charge in [-0.15, -0.1) is 0 Å². The zero-order valence-electron chi connectivity index (χ0n) is 21.5. The fraction of sp³-hybridized carbons (Fsp3) is 0.276. The lowest BCUT2D eigenvalue weighted by Crippen LogP contribution is -2.48. The van der Waals surface area contributed by atoms with Gasteiger partial charge in [0.25, 0.3) is 11.8 Å². The quantitative estimate of drug-likeness (QED) is 0.232. The van der Waals surface area contributed by atoms with Crippen molar-refractivity contribution in [1.82, 2.24) is 10.7 Å². The van der Waals surface area contributed by atoms with E-state index in [2.05, 4.69) is 31.8 Å². The zero-order valence-corrected chi connectivity index (χ0v) is 23.0. The van der Waals surface area contributed by atoms with Crippen LogP contribution in [0.4, 0.5) is 0 Å². The van der Waals surface area contributed by atoms with Gasteiger partial charge in [0.05, 0.1) is 17.3 Å². The van der Waals surface area contributed by atoms with Crippen LogP contribution in [-0.2, 0) is 11.4 Å². The van der Waals surface area contributed by atoms with Gasteiger partial charge in [-0.25, -0.2) is 5.43 Å². The summed E-state index contributed by atoms with van der Waals surface area (Å²) in [5.74, 6) is 0.299. The van der Waals surface area contributed by atoms with E-state index >= 15 is 0 Å². The molecular formula is C29H32BrN3O4. The summed E-state index contributed by atoms with van der Waals surface area (Å²) >= 11 is 3.56. The smallest absolute Gasteiger partial charge is 0.262 e. The van der Waals surface area contributed by atoms with Crippen LogP contribution in [0.3, 0.4) is 0 Å². The molecule has 3 aromatic carbocycles. The van der Waals surface area contributed by atoms with E-state index < -0.39 is 11.9 Å². The highest BCUT2D eigenvalue weighted by molar-refractivity contribution is 9.10. The van der Waals surface area contributed by atoms with Crippen LogP contribution in [0.15, 0.2) is 76.3 Å². The largest absolute Gasteiger partial charge is 0.490 e.